The zero-order chi connectivity index (χ0) is 13.0. The molecule has 1 atom stereocenters. The molecule has 3 heteroatoms. The highest BCUT2D eigenvalue weighted by atomic mass is 16.3. The van der Waals surface area contributed by atoms with Crippen LogP contribution in [0.15, 0.2) is 12.4 Å². The number of hydrogen-bond acceptors (Lipinski definition) is 2. The Morgan fingerprint density at radius 2 is 2.11 bits per heavy atom. The van der Waals surface area contributed by atoms with Gasteiger partial charge in [0.15, 0.2) is 0 Å². The molecule has 1 saturated carbocycles. The molecular weight excluding hydrogens is 224 g/mol. The summed E-state index contributed by atoms with van der Waals surface area (Å²) in [7, 11) is 0. The van der Waals surface area contributed by atoms with Gasteiger partial charge in [-0.2, -0.15) is 0 Å². The quantitative estimate of drug-likeness (QED) is 0.872. The van der Waals surface area contributed by atoms with Crippen LogP contribution in [0.25, 0.3) is 0 Å². The molecule has 1 aromatic rings. The van der Waals surface area contributed by atoms with Gasteiger partial charge in [0.05, 0.1) is 6.10 Å². The van der Waals surface area contributed by atoms with Crippen LogP contribution in [0.2, 0.25) is 0 Å². The summed E-state index contributed by atoms with van der Waals surface area (Å²) in [4.78, 5) is 4.39. The summed E-state index contributed by atoms with van der Waals surface area (Å²) in [5.74, 6) is 2.37. The molecule has 0 radical (unpaired) electrons. The first-order chi connectivity index (χ1) is 8.70. The van der Waals surface area contributed by atoms with Gasteiger partial charge in [0.2, 0.25) is 0 Å². The minimum atomic E-state index is -0.212. The lowest BCUT2D eigenvalue weighted by molar-refractivity contribution is 0.0737. The van der Waals surface area contributed by atoms with E-state index >= 15 is 0 Å². The third-order valence-corrected chi connectivity index (χ3v) is 4.26. The van der Waals surface area contributed by atoms with Gasteiger partial charge in [-0.05, 0) is 31.1 Å². The van der Waals surface area contributed by atoms with Crippen molar-refractivity contribution in [3.8, 4) is 0 Å². The third kappa shape index (κ3) is 3.35. The van der Waals surface area contributed by atoms with Crippen LogP contribution in [-0.4, -0.2) is 20.8 Å². The Balaban J connectivity index is 1.90. The van der Waals surface area contributed by atoms with Crippen molar-refractivity contribution < 1.29 is 5.11 Å². The maximum Gasteiger partial charge on any atom is 0.111 e. The fourth-order valence-corrected chi connectivity index (χ4v) is 3.00. The molecule has 0 aromatic carbocycles. The molecule has 0 aliphatic heterocycles. The Morgan fingerprint density at radius 1 is 1.39 bits per heavy atom. The van der Waals surface area contributed by atoms with Gasteiger partial charge in [-0.25, -0.2) is 4.98 Å². The zero-order valence-electron chi connectivity index (χ0n) is 11.7. The first-order valence-corrected chi connectivity index (χ1v) is 7.38. The van der Waals surface area contributed by atoms with Gasteiger partial charge in [-0.3, -0.25) is 0 Å². The Kier molecular flexibility index (Phi) is 4.81. The Hall–Kier alpha value is -0.830. The van der Waals surface area contributed by atoms with Crippen molar-refractivity contribution in [2.75, 3.05) is 0 Å². The third-order valence-electron chi connectivity index (χ3n) is 4.26. The van der Waals surface area contributed by atoms with Gasteiger partial charge in [-0.15, -0.1) is 0 Å². The molecule has 102 valence electrons. The molecule has 0 spiro atoms. The Morgan fingerprint density at radius 3 is 2.78 bits per heavy atom. The number of hydrogen-bond donors (Lipinski definition) is 1. The van der Waals surface area contributed by atoms with Gasteiger partial charge in [0, 0.05) is 25.4 Å². The smallest absolute Gasteiger partial charge is 0.111 e. The SMILES string of the molecule is CCCn1ccnc1CC(O)C1CCC(C)CC1. The minimum absolute atomic E-state index is 0.212. The highest BCUT2D eigenvalue weighted by Gasteiger charge is 2.25. The summed E-state index contributed by atoms with van der Waals surface area (Å²) in [5.41, 5.74) is 0. The number of nitrogens with zero attached hydrogens (tertiary/aromatic N) is 2. The topological polar surface area (TPSA) is 38.0 Å². The first kappa shape index (κ1) is 13.6. The summed E-state index contributed by atoms with van der Waals surface area (Å²) in [6.07, 6.45) is 10.4. The molecule has 1 aliphatic carbocycles. The number of rotatable bonds is 5. The number of aliphatic hydroxyl groups excluding tert-OH is 1. The fourth-order valence-electron chi connectivity index (χ4n) is 3.00. The predicted octanol–water partition coefficient (Wildman–Crippen LogP) is 3.02. The highest BCUT2D eigenvalue weighted by molar-refractivity contribution is 4.95. The van der Waals surface area contributed by atoms with Gasteiger partial charge in [-0.1, -0.05) is 26.7 Å². The first-order valence-electron chi connectivity index (χ1n) is 7.38. The summed E-state index contributed by atoms with van der Waals surface area (Å²) >= 11 is 0. The summed E-state index contributed by atoms with van der Waals surface area (Å²) in [6, 6.07) is 0. The van der Waals surface area contributed by atoms with Crippen LogP contribution in [0, 0.1) is 11.8 Å². The molecule has 1 heterocycles. The van der Waals surface area contributed by atoms with Gasteiger partial charge < -0.3 is 9.67 Å². The molecule has 1 aliphatic rings. The lowest BCUT2D eigenvalue weighted by atomic mass is 9.79. The van der Waals surface area contributed by atoms with Crippen molar-refractivity contribution >= 4 is 0 Å². The van der Waals surface area contributed by atoms with E-state index in [-0.39, 0.29) is 6.10 Å². The Bertz CT molecular complexity index is 353. The van der Waals surface area contributed by atoms with E-state index in [1.54, 1.807) is 0 Å². The van der Waals surface area contributed by atoms with E-state index in [9.17, 15) is 5.11 Å². The van der Waals surface area contributed by atoms with Crippen LogP contribution in [0.4, 0.5) is 0 Å². The zero-order valence-corrected chi connectivity index (χ0v) is 11.7. The summed E-state index contributed by atoms with van der Waals surface area (Å²) < 4.78 is 2.18. The van der Waals surface area contributed by atoms with Crippen LogP contribution in [0.3, 0.4) is 0 Å². The second kappa shape index (κ2) is 6.37. The van der Waals surface area contributed by atoms with Crippen molar-refractivity contribution in [3.63, 3.8) is 0 Å². The molecule has 0 saturated heterocycles. The van der Waals surface area contributed by atoms with Crippen LogP contribution < -0.4 is 0 Å². The van der Waals surface area contributed by atoms with Gasteiger partial charge >= 0.3 is 0 Å². The van der Waals surface area contributed by atoms with Crippen LogP contribution in [-0.2, 0) is 13.0 Å². The maximum absolute atomic E-state index is 10.4. The van der Waals surface area contributed by atoms with E-state index in [1.807, 2.05) is 12.4 Å². The number of aliphatic hydroxyl groups is 1. The molecule has 1 aromatic heterocycles. The molecule has 3 nitrogen and oxygen atoms in total. The van der Waals surface area contributed by atoms with Crippen molar-refractivity contribution in [3.05, 3.63) is 18.2 Å². The second-order valence-electron chi connectivity index (χ2n) is 5.83. The van der Waals surface area contributed by atoms with E-state index in [4.69, 9.17) is 0 Å². The lowest BCUT2D eigenvalue weighted by Gasteiger charge is -2.29. The summed E-state index contributed by atoms with van der Waals surface area (Å²) in [6.45, 7) is 5.49. The molecular formula is C15H26N2O. The van der Waals surface area contributed by atoms with Crippen molar-refractivity contribution in [1.29, 1.82) is 0 Å². The van der Waals surface area contributed by atoms with Crippen molar-refractivity contribution in [1.82, 2.24) is 9.55 Å². The van der Waals surface area contributed by atoms with E-state index in [0.29, 0.717) is 12.3 Å². The lowest BCUT2D eigenvalue weighted by Crippen LogP contribution is -2.28. The monoisotopic (exact) mass is 250 g/mol. The molecule has 2 rings (SSSR count). The maximum atomic E-state index is 10.4. The molecule has 1 fully saturated rings. The minimum Gasteiger partial charge on any atom is -0.392 e. The molecule has 0 bridgehead atoms. The van der Waals surface area contributed by atoms with E-state index in [0.717, 1.165) is 24.7 Å². The average molecular weight is 250 g/mol. The van der Waals surface area contributed by atoms with Gasteiger partial charge in [0.25, 0.3) is 0 Å². The van der Waals surface area contributed by atoms with Crippen molar-refractivity contribution in [2.24, 2.45) is 11.8 Å². The highest BCUT2D eigenvalue weighted by Crippen LogP contribution is 2.31. The van der Waals surface area contributed by atoms with Gasteiger partial charge in [0.1, 0.15) is 5.82 Å². The van der Waals surface area contributed by atoms with Crippen molar-refractivity contribution in [2.45, 2.75) is 65.0 Å². The second-order valence-corrected chi connectivity index (χ2v) is 5.83. The standard InChI is InChI=1S/C15H26N2O/c1-3-9-17-10-8-16-15(17)11-14(18)13-6-4-12(2)5-7-13/h8,10,12-14,18H,3-7,9,11H2,1-2H3. The van der Waals surface area contributed by atoms with E-state index in [1.165, 1.54) is 25.7 Å². The molecule has 1 unspecified atom stereocenters. The van der Waals surface area contributed by atoms with Crippen LogP contribution in [0.5, 0.6) is 0 Å². The molecule has 1 N–H and O–H groups in total. The van der Waals surface area contributed by atoms with E-state index in [2.05, 4.69) is 23.4 Å². The fraction of sp³-hybridized carbons (Fsp3) is 0.800. The van der Waals surface area contributed by atoms with E-state index < -0.39 is 0 Å². The number of aryl methyl sites for hydroxylation is 1. The average Bonchev–Trinajstić information content (AvgIpc) is 2.78. The number of aromatic nitrogens is 2. The number of imidazole rings is 1. The molecule has 18 heavy (non-hydrogen) atoms. The normalized spacial score (nSPS) is 26.2. The summed E-state index contributed by atoms with van der Waals surface area (Å²) in [5, 5.41) is 10.4. The predicted molar refractivity (Wildman–Crippen MR) is 73.4 cm³/mol. The van der Waals surface area contributed by atoms with Crippen LogP contribution in [0.1, 0.15) is 51.8 Å². The Labute approximate surface area is 110 Å². The van der Waals surface area contributed by atoms with Crippen LogP contribution >= 0.6 is 0 Å². The molecule has 0 amide bonds. The largest absolute Gasteiger partial charge is 0.392 e.